The third-order valence-electron chi connectivity index (χ3n) is 4.07. The molecular weight excluding hydrogens is 541 g/mol. The van der Waals surface area contributed by atoms with Crippen molar-refractivity contribution in [2.45, 2.75) is 17.5 Å². The Bertz CT molecular complexity index is 1320. The predicted molar refractivity (Wildman–Crippen MR) is 120 cm³/mol. The molecular formula is C18H16BrF3N2O4S3. The second kappa shape index (κ2) is 8.60. The lowest BCUT2D eigenvalue weighted by Gasteiger charge is -2.24. The number of nitrogens with one attached hydrogen (secondary N) is 1. The quantitative estimate of drug-likeness (QED) is 0.434. The molecule has 0 amide bonds. The van der Waals surface area contributed by atoms with Gasteiger partial charge in [-0.3, -0.25) is 9.03 Å². The van der Waals surface area contributed by atoms with Crippen LogP contribution in [-0.4, -0.2) is 35.8 Å². The molecule has 31 heavy (non-hydrogen) atoms. The second-order valence-corrected chi connectivity index (χ2v) is 12.0. The van der Waals surface area contributed by atoms with Crippen LogP contribution in [-0.2, 0) is 20.0 Å². The van der Waals surface area contributed by atoms with Crippen LogP contribution in [0.1, 0.15) is 6.42 Å². The molecule has 13 heteroatoms. The highest BCUT2D eigenvalue weighted by atomic mass is 79.9. The highest BCUT2D eigenvalue weighted by Gasteiger charge is 2.34. The molecule has 0 aliphatic carbocycles. The summed E-state index contributed by atoms with van der Waals surface area (Å²) in [7, 11) is -8.12. The maximum absolute atomic E-state index is 13.4. The van der Waals surface area contributed by atoms with Crippen LogP contribution in [0, 0.1) is 0 Å². The van der Waals surface area contributed by atoms with E-state index in [0.717, 1.165) is 23.7 Å². The molecule has 3 rings (SSSR count). The summed E-state index contributed by atoms with van der Waals surface area (Å²) in [6.45, 7) is -0.832. The number of nitrogens with zero attached hydrogens (tertiary/aromatic N) is 1. The molecule has 0 atom stereocenters. The molecule has 0 saturated carbocycles. The van der Waals surface area contributed by atoms with Gasteiger partial charge in [-0.1, -0.05) is 24.3 Å². The average molecular weight is 557 g/mol. The van der Waals surface area contributed by atoms with E-state index in [1.54, 1.807) is 24.3 Å². The second-order valence-electron chi connectivity index (χ2n) is 6.56. The molecule has 0 saturated heterocycles. The van der Waals surface area contributed by atoms with Gasteiger partial charge in [0.15, 0.2) is 0 Å². The van der Waals surface area contributed by atoms with Gasteiger partial charge in [-0.2, -0.15) is 13.2 Å². The van der Waals surface area contributed by atoms with Gasteiger partial charge in [-0.25, -0.2) is 16.8 Å². The summed E-state index contributed by atoms with van der Waals surface area (Å²) in [6, 6.07) is 11.9. The molecule has 0 spiro atoms. The fourth-order valence-electron chi connectivity index (χ4n) is 2.78. The molecule has 0 aliphatic heterocycles. The van der Waals surface area contributed by atoms with Crippen molar-refractivity contribution in [3.8, 4) is 0 Å². The van der Waals surface area contributed by atoms with Gasteiger partial charge >= 0.3 is 6.18 Å². The van der Waals surface area contributed by atoms with Gasteiger partial charge in [0.2, 0.25) is 10.0 Å². The standard InChI is InChI=1S/C18H16BrF3N2O4S3/c1-30(25,26)23-12-5-4-6-13(11-12)31(27,28)24(10-9-18(20,21)22)17-16(19)14-7-2-3-8-15(14)29-17/h2-8,11,23H,9-10H2,1H3. The van der Waals surface area contributed by atoms with E-state index in [9.17, 15) is 30.0 Å². The van der Waals surface area contributed by atoms with E-state index in [-0.39, 0.29) is 15.6 Å². The summed E-state index contributed by atoms with van der Waals surface area (Å²) in [5.41, 5.74) is -0.0187. The number of rotatable bonds is 7. The topological polar surface area (TPSA) is 83.5 Å². The number of benzene rings is 2. The zero-order chi connectivity index (χ0) is 23.0. The predicted octanol–water partition coefficient (Wildman–Crippen LogP) is 5.18. The van der Waals surface area contributed by atoms with E-state index in [1.165, 1.54) is 18.2 Å². The summed E-state index contributed by atoms with van der Waals surface area (Å²) in [6.07, 6.45) is -5.02. The number of hydrogen-bond donors (Lipinski definition) is 1. The summed E-state index contributed by atoms with van der Waals surface area (Å²) in [5, 5.41) is 0.772. The van der Waals surface area contributed by atoms with Crippen LogP contribution >= 0.6 is 27.3 Å². The minimum Gasteiger partial charge on any atom is -0.284 e. The molecule has 3 aromatic rings. The number of hydrogen-bond acceptors (Lipinski definition) is 5. The van der Waals surface area contributed by atoms with Gasteiger partial charge in [0.05, 0.1) is 22.0 Å². The maximum atomic E-state index is 13.4. The lowest BCUT2D eigenvalue weighted by atomic mass is 10.3. The van der Waals surface area contributed by atoms with Crippen LogP contribution < -0.4 is 9.03 Å². The Morgan fingerprint density at radius 2 is 1.74 bits per heavy atom. The van der Waals surface area contributed by atoms with E-state index >= 15 is 0 Å². The number of alkyl halides is 3. The monoisotopic (exact) mass is 556 g/mol. The van der Waals surface area contributed by atoms with Crippen LogP contribution in [0.15, 0.2) is 57.9 Å². The highest BCUT2D eigenvalue weighted by Crippen LogP contribution is 2.44. The molecule has 168 valence electrons. The number of thiophene rings is 1. The molecule has 0 radical (unpaired) electrons. The number of halogens is 4. The Balaban J connectivity index is 2.12. The molecule has 1 heterocycles. The zero-order valence-corrected chi connectivity index (χ0v) is 19.9. The summed E-state index contributed by atoms with van der Waals surface area (Å²) in [4.78, 5) is -0.340. The van der Waals surface area contributed by atoms with E-state index in [2.05, 4.69) is 20.7 Å². The zero-order valence-electron chi connectivity index (χ0n) is 15.8. The molecule has 1 aromatic heterocycles. The van der Waals surface area contributed by atoms with Crippen molar-refractivity contribution in [1.29, 1.82) is 0 Å². The summed E-state index contributed by atoms with van der Waals surface area (Å²) < 4.78 is 92.5. The number of sulfonamides is 2. The Hall–Kier alpha value is -1.83. The maximum Gasteiger partial charge on any atom is 0.390 e. The lowest BCUT2D eigenvalue weighted by molar-refractivity contribution is -0.131. The first-order valence-corrected chi connectivity index (χ1v) is 13.6. The van der Waals surface area contributed by atoms with Crippen LogP contribution in [0.3, 0.4) is 0 Å². The van der Waals surface area contributed by atoms with Gasteiger partial charge < -0.3 is 0 Å². The van der Waals surface area contributed by atoms with Crippen molar-refractivity contribution in [2.75, 3.05) is 21.8 Å². The fraction of sp³-hybridized carbons (Fsp3) is 0.222. The Kier molecular flexibility index (Phi) is 6.61. The molecule has 2 aromatic carbocycles. The van der Waals surface area contributed by atoms with Gasteiger partial charge in [-0.05, 0) is 40.2 Å². The van der Waals surface area contributed by atoms with E-state index in [1.807, 2.05) is 0 Å². The van der Waals surface area contributed by atoms with Crippen molar-refractivity contribution in [3.05, 3.63) is 53.0 Å². The molecule has 0 fully saturated rings. The van der Waals surface area contributed by atoms with E-state index in [0.29, 0.717) is 18.9 Å². The van der Waals surface area contributed by atoms with E-state index in [4.69, 9.17) is 0 Å². The molecule has 0 unspecified atom stereocenters. The first-order chi connectivity index (χ1) is 14.3. The summed E-state index contributed by atoms with van der Waals surface area (Å²) in [5.74, 6) is 0. The molecule has 6 nitrogen and oxygen atoms in total. The lowest BCUT2D eigenvalue weighted by Crippen LogP contribution is -2.34. The summed E-state index contributed by atoms with van der Waals surface area (Å²) >= 11 is 4.36. The SMILES string of the molecule is CS(=O)(=O)Nc1cccc(S(=O)(=O)N(CCC(F)(F)F)c2sc3ccccc3c2Br)c1. The third kappa shape index (κ3) is 5.70. The number of anilines is 2. The third-order valence-corrected chi connectivity index (χ3v) is 8.84. The minimum atomic E-state index is -4.57. The van der Waals surface area contributed by atoms with Crippen LogP contribution in [0.2, 0.25) is 0 Å². The van der Waals surface area contributed by atoms with Crippen molar-refractivity contribution < 1.29 is 30.0 Å². The van der Waals surface area contributed by atoms with Crippen molar-refractivity contribution in [1.82, 2.24) is 0 Å². The minimum absolute atomic E-state index is 0.0187. The largest absolute Gasteiger partial charge is 0.390 e. The van der Waals surface area contributed by atoms with Gasteiger partial charge in [-0.15, -0.1) is 11.3 Å². The number of fused-ring (bicyclic) bond motifs is 1. The van der Waals surface area contributed by atoms with Crippen LogP contribution in [0.4, 0.5) is 23.9 Å². The first-order valence-electron chi connectivity index (χ1n) is 8.62. The normalized spacial score (nSPS) is 12.8. The van der Waals surface area contributed by atoms with Gasteiger partial charge in [0.1, 0.15) is 5.00 Å². The fourth-order valence-corrected chi connectivity index (χ4v) is 7.24. The highest BCUT2D eigenvalue weighted by molar-refractivity contribution is 9.10. The van der Waals surface area contributed by atoms with E-state index < -0.39 is 39.2 Å². The van der Waals surface area contributed by atoms with Gasteiger partial charge in [0.25, 0.3) is 10.0 Å². The smallest absolute Gasteiger partial charge is 0.284 e. The van der Waals surface area contributed by atoms with Gasteiger partial charge in [0, 0.05) is 22.3 Å². The van der Waals surface area contributed by atoms with Crippen molar-refractivity contribution >= 4 is 68.1 Å². The van der Waals surface area contributed by atoms with Crippen molar-refractivity contribution in [3.63, 3.8) is 0 Å². The Labute approximate surface area is 189 Å². The van der Waals surface area contributed by atoms with Crippen LogP contribution in [0.25, 0.3) is 10.1 Å². The van der Waals surface area contributed by atoms with Crippen molar-refractivity contribution in [2.24, 2.45) is 0 Å². The first kappa shape index (κ1) is 23.8. The Morgan fingerprint density at radius 1 is 1.06 bits per heavy atom. The molecule has 0 aliphatic rings. The average Bonchev–Trinajstić information content (AvgIpc) is 2.96. The molecule has 1 N–H and O–H groups in total. The molecule has 0 bridgehead atoms. The Morgan fingerprint density at radius 3 is 2.35 bits per heavy atom. The van der Waals surface area contributed by atoms with Crippen LogP contribution in [0.5, 0.6) is 0 Å².